The Hall–Kier alpha value is -1.02. The molecule has 0 unspecified atom stereocenters. The van der Waals surface area contributed by atoms with Crippen LogP contribution in [0.4, 0.5) is 0 Å². The van der Waals surface area contributed by atoms with Crippen LogP contribution in [0.2, 0.25) is 0 Å². The van der Waals surface area contributed by atoms with Crippen molar-refractivity contribution in [3.63, 3.8) is 0 Å². The first-order valence-corrected chi connectivity index (χ1v) is 7.47. The molecule has 0 heterocycles. The van der Waals surface area contributed by atoms with Crippen LogP contribution < -0.4 is 10.1 Å². The predicted molar refractivity (Wildman–Crippen MR) is 80.7 cm³/mol. The van der Waals surface area contributed by atoms with Crippen molar-refractivity contribution in [1.29, 1.82) is 0 Å². The van der Waals surface area contributed by atoms with Crippen LogP contribution >= 0.6 is 0 Å². The second-order valence-electron chi connectivity index (χ2n) is 6.41. The highest BCUT2D eigenvalue weighted by molar-refractivity contribution is 5.29. The largest absolute Gasteiger partial charge is 0.497 e. The summed E-state index contributed by atoms with van der Waals surface area (Å²) >= 11 is 0. The minimum Gasteiger partial charge on any atom is -0.497 e. The van der Waals surface area contributed by atoms with Gasteiger partial charge in [0.1, 0.15) is 5.75 Å². The first-order chi connectivity index (χ1) is 9.13. The van der Waals surface area contributed by atoms with E-state index in [0.717, 1.165) is 24.8 Å². The Morgan fingerprint density at radius 2 is 2.11 bits per heavy atom. The van der Waals surface area contributed by atoms with Gasteiger partial charge >= 0.3 is 0 Å². The highest BCUT2D eigenvalue weighted by atomic mass is 16.5. The summed E-state index contributed by atoms with van der Waals surface area (Å²) in [6, 6.07) is 8.53. The van der Waals surface area contributed by atoms with Gasteiger partial charge in [-0.25, -0.2) is 0 Å². The van der Waals surface area contributed by atoms with Crippen molar-refractivity contribution in [2.45, 2.75) is 39.5 Å². The third-order valence-corrected chi connectivity index (χ3v) is 4.18. The molecular formula is C17H27NO. The van der Waals surface area contributed by atoms with E-state index < -0.39 is 0 Å². The van der Waals surface area contributed by atoms with Crippen molar-refractivity contribution in [1.82, 2.24) is 5.32 Å². The molecule has 1 aliphatic carbocycles. The van der Waals surface area contributed by atoms with Gasteiger partial charge in [0.25, 0.3) is 0 Å². The molecule has 0 amide bonds. The van der Waals surface area contributed by atoms with Gasteiger partial charge in [-0.3, -0.25) is 0 Å². The summed E-state index contributed by atoms with van der Waals surface area (Å²) in [6.07, 6.45) is 5.27. The average Bonchev–Trinajstić information content (AvgIpc) is 2.35. The number of hydrogen-bond acceptors (Lipinski definition) is 2. The van der Waals surface area contributed by atoms with E-state index in [0.29, 0.717) is 5.41 Å². The van der Waals surface area contributed by atoms with Gasteiger partial charge in [-0.05, 0) is 54.8 Å². The quantitative estimate of drug-likeness (QED) is 0.809. The lowest BCUT2D eigenvalue weighted by molar-refractivity contribution is 0.129. The van der Waals surface area contributed by atoms with Gasteiger partial charge in [-0.1, -0.05) is 32.4 Å². The van der Waals surface area contributed by atoms with Crippen molar-refractivity contribution in [2.75, 3.05) is 20.2 Å². The molecule has 1 aromatic rings. The maximum atomic E-state index is 5.32. The van der Waals surface area contributed by atoms with Gasteiger partial charge in [0.05, 0.1) is 7.11 Å². The highest BCUT2D eigenvalue weighted by Gasteiger charge is 2.36. The van der Waals surface area contributed by atoms with Crippen molar-refractivity contribution in [3.05, 3.63) is 29.8 Å². The molecular weight excluding hydrogens is 234 g/mol. The second kappa shape index (κ2) is 6.42. The number of nitrogens with one attached hydrogen (secondary N) is 1. The number of ether oxygens (including phenoxy) is 1. The van der Waals surface area contributed by atoms with Crippen LogP contribution in [0.5, 0.6) is 5.75 Å². The molecule has 2 nitrogen and oxygen atoms in total. The fourth-order valence-corrected chi connectivity index (χ4v) is 2.93. The molecule has 1 aromatic carbocycles. The van der Waals surface area contributed by atoms with Crippen LogP contribution in [0.15, 0.2) is 24.3 Å². The van der Waals surface area contributed by atoms with E-state index >= 15 is 0 Å². The zero-order valence-electron chi connectivity index (χ0n) is 12.5. The predicted octanol–water partition coefficient (Wildman–Crippen LogP) is 3.65. The van der Waals surface area contributed by atoms with Gasteiger partial charge in [0.2, 0.25) is 0 Å². The van der Waals surface area contributed by atoms with Crippen molar-refractivity contribution in [2.24, 2.45) is 11.3 Å². The summed E-state index contributed by atoms with van der Waals surface area (Å²) in [5.74, 6) is 1.70. The monoisotopic (exact) mass is 261 g/mol. The third-order valence-electron chi connectivity index (χ3n) is 4.18. The number of rotatable bonds is 7. The van der Waals surface area contributed by atoms with E-state index in [4.69, 9.17) is 4.74 Å². The van der Waals surface area contributed by atoms with E-state index in [1.54, 1.807) is 7.11 Å². The molecule has 1 N–H and O–H groups in total. The minimum atomic E-state index is 0.487. The lowest BCUT2D eigenvalue weighted by Gasteiger charge is -2.42. The van der Waals surface area contributed by atoms with E-state index in [1.807, 2.05) is 6.07 Å². The number of benzene rings is 1. The molecule has 0 radical (unpaired) electrons. The topological polar surface area (TPSA) is 21.3 Å². The zero-order valence-corrected chi connectivity index (χ0v) is 12.5. The normalized spacial score (nSPS) is 17.3. The average molecular weight is 261 g/mol. The van der Waals surface area contributed by atoms with Crippen LogP contribution in [0, 0.1) is 11.3 Å². The Morgan fingerprint density at radius 1 is 1.32 bits per heavy atom. The van der Waals surface area contributed by atoms with Gasteiger partial charge in [0.15, 0.2) is 0 Å². The molecule has 0 atom stereocenters. The van der Waals surface area contributed by atoms with Gasteiger partial charge in [0, 0.05) is 6.54 Å². The molecule has 2 rings (SSSR count). The van der Waals surface area contributed by atoms with E-state index in [2.05, 4.69) is 37.4 Å². The zero-order chi connectivity index (χ0) is 13.7. The van der Waals surface area contributed by atoms with E-state index in [9.17, 15) is 0 Å². The van der Waals surface area contributed by atoms with Gasteiger partial charge in [-0.2, -0.15) is 0 Å². The third kappa shape index (κ3) is 3.97. The molecule has 0 bridgehead atoms. The molecule has 2 heteroatoms. The summed E-state index contributed by atoms with van der Waals surface area (Å²) in [4.78, 5) is 0. The van der Waals surface area contributed by atoms with Crippen LogP contribution in [-0.4, -0.2) is 20.2 Å². The molecule has 0 aliphatic heterocycles. The lowest BCUT2D eigenvalue weighted by atomic mass is 9.65. The van der Waals surface area contributed by atoms with Crippen molar-refractivity contribution >= 4 is 0 Å². The Kier molecular flexibility index (Phi) is 4.87. The van der Waals surface area contributed by atoms with Crippen molar-refractivity contribution < 1.29 is 4.74 Å². The summed E-state index contributed by atoms with van der Waals surface area (Å²) in [6.45, 7) is 6.81. The lowest BCUT2D eigenvalue weighted by Crippen LogP contribution is -2.42. The smallest absolute Gasteiger partial charge is 0.119 e. The van der Waals surface area contributed by atoms with E-state index in [-0.39, 0.29) is 0 Å². The fourth-order valence-electron chi connectivity index (χ4n) is 2.93. The van der Waals surface area contributed by atoms with E-state index in [1.165, 1.54) is 31.2 Å². The maximum Gasteiger partial charge on any atom is 0.119 e. The summed E-state index contributed by atoms with van der Waals surface area (Å²) in [5.41, 5.74) is 1.90. The molecule has 1 saturated carbocycles. The minimum absolute atomic E-state index is 0.487. The van der Waals surface area contributed by atoms with Crippen LogP contribution in [-0.2, 0) is 6.42 Å². The molecule has 106 valence electrons. The Labute approximate surface area is 117 Å². The summed E-state index contributed by atoms with van der Waals surface area (Å²) in [7, 11) is 1.74. The number of methoxy groups -OCH3 is 1. The maximum absolute atomic E-state index is 5.32. The Morgan fingerprint density at radius 3 is 2.68 bits per heavy atom. The number of hydrogen-bond donors (Lipinski definition) is 1. The SMILES string of the molecule is COc1cccc(CC2(CNCC(C)C)CCC2)c1. The molecule has 1 aliphatic rings. The fraction of sp³-hybridized carbons (Fsp3) is 0.647. The summed E-state index contributed by atoms with van der Waals surface area (Å²) in [5, 5.41) is 3.65. The standard InChI is InChI=1S/C17H27NO/c1-14(2)12-18-13-17(8-5-9-17)11-15-6-4-7-16(10-15)19-3/h4,6-7,10,14,18H,5,8-9,11-13H2,1-3H3. The molecule has 0 spiro atoms. The van der Waals surface area contributed by atoms with Gasteiger partial charge < -0.3 is 10.1 Å². The first kappa shape index (κ1) is 14.4. The molecule has 0 saturated heterocycles. The molecule has 0 aromatic heterocycles. The summed E-state index contributed by atoms with van der Waals surface area (Å²) < 4.78 is 5.32. The Balaban J connectivity index is 1.93. The Bertz CT molecular complexity index is 396. The highest BCUT2D eigenvalue weighted by Crippen LogP contribution is 2.43. The molecule has 1 fully saturated rings. The van der Waals surface area contributed by atoms with Crippen LogP contribution in [0.1, 0.15) is 38.7 Å². The molecule has 19 heavy (non-hydrogen) atoms. The van der Waals surface area contributed by atoms with Crippen molar-refractivity contribution in [3.8, 4) is 5.75 Å². The van der Waals surface area contributed by atoms with Crippen LogP contribution in [0.25, 0.3) is 0 Å². The second-order valence-corrected chi connectivity index (χ2v) is 6.41. The van der Waals surface area contributed by atoms with Gasteiger partial charge in [-0.15, -0.1) is 0 Å². The first-order valence-electron chi connectivity index (χ1n) is 7.47. The van der Waals surface area contributed by atoms with Crippen LogP contribution in [0.3, 0.4) is 0 Å².